The van der Waals surface area contributed by atoms with Gasteiger partial charge in [0.1, 0.15) is 23.5 Å². The molecule has 7 nitrogen and oxygen atoms in total. The van der Waals surface area contributed by atoms with Gasteiger partial charge in [-0.25, -0.2) is 9.67 Å². The van der Waals surface area contributed by atoms with Gasteiger partial charge in [0.25, 0.3) is 0 Å². The maximum Gasteiger partial charge on any atom is 0.225 e. The smallest absolute Gasteiger partial charge is 0.225 e. The van der Waals surface area contributed by atoms with Crippen molar-refractivity contribution in [3.63, 3.8) is 0 Å². The Morgan fingerprint density at radius 2 is 1.87 bits per heavy atom. The van der Waals surface area contributed by atoms with Crippen molar-refractivity contribution >= 4 is 52.5 Å². The van der Waals surface area contributed by atoms with Crippen molar-refractivity contribution < 1.29 is 9.47 Å². The molecule has 2 heterocycles. The van der Waals surface area contributed by atoms with Gasteiger partial charge in [-0.2, -0.15) is 10.1 Å². The molecule has 0 radical (unpaired) electrons. The van der Waals surface area contributed by atoms with Crippen LogP contribution in [0, 0.1) is 0 Å². The van der Waals surface area contributed by atoms with Crippen molar-refractivity contribution in [3.05, 3.63) is 39.7 Å². The van der Waals surface area contributed by atoms with Crippen LogP contribution in [0.2, 0.25) is 31.0 Å². The van der Waals surface area contributed by atoms with E-state index in [1.165, 1.54) is 0 Å². The number of methoxy groups -OCH3 is 1. The fraction of sp³-hybridized carbons (Fsp3) is 0.450. The molecule has 0 aliphatic rings. The second-order valence-corrected chi connectivity index (χ2v) is 15.1. The summed E-state index contributed by atoms with van der Waals surface area (Å²) in [4.78, 5) is 10.9. The minimum atomic E-state index is -1.15. The van der Waals surface area contributed by atoms with Gasteiger partial charge in [0.05, 0.1) is 7.11 Å². The first-order chi connectivity index (χ1) is 14.2. The first-order valence-corrected chi connectivity index (χ1v) is 14.6. The molecule has 2 aromatic heterocycles. The molecule has 0 amide bonds. The highest BCUT2D eigenvalue weighted by molar-refractivity contribution is 9.10. The largest absolute Gasteiger partial charge is 0.497 e. The van der Waals surface area contributed by atoms with Gasteiger partial charge in [-0.1, -0.05) is 31.8 Å². The van der Waals surface area contributed by atoms with Crippen LogP contribution in [0.3, 0.4) is 0 Å². The van der Waals surface area contributed by atoms with Crippen LogP contribution in [0.15, 0.2) is 28.9 Å². The number of hydrogen-bond donors (Lipinski definition) is 0. The zero-order valence-electron chi connectivity index (χ0n) is 17.9. The zero-order chi connectivity index (χ0) is 21.9. The predicted octanol–water partition coefficient (Wildman–Crippen LogP) is 5.20. The minimum Gasteiger partial charge on any atom is -0.497 e. The van der Waals surface area contributed by atoms with E-state index < -0.39 is 8.07 Å². The lowest BCUT2D eigenvalue weighted by molar-refractivity contribution is 0.0815. The Labute approximate surface area is 191 Å². The summed E-state index contributed by atoms with van der Waals surface area (Å²) in [5, 5.41) is 4.73. The summed E-state index contributed by atoms with van der Waals surface area (Å²) in [6.07, 6.45) is 0. The van der Waals surface area contributed by atoms with Crippen LogP contribution in [0.4, 0.5) is 5.82 Å². The van der Waals surface area contributed by atoms with Crippen molar-refractivity contribution in [1.29, 1.82) is 0 Å². The lowest BCUT2D eigenvalue weighted by Crippen LogP contribution is -2.22. The van der Waals surface area contributed by atoms with Gasteiger partial charge in [-0.3, -0.25) is 0 Å². The Kier molecular flexibility index (Phi) is 7.38. The highest BCUT2D eigenvalue weighted by atomic mass is 79.9. The molecule has 0 aliphatic carbocycles. The molecule has 30 heavy (non-hydrogen) atoms. The summed E-state index contributed by atoms with van der Waals surface area (Å²) in [5.41, 5.74) is 2.58. The summed E-state index contributed by atoms with van der Waals surface area (Å²) in [6, 6.07) is 9.04. The number of hydrogen-bond acceptors (Lipinski definition) is 6. The van der Waals surface area contributed by atoms with Crippen LogP contribution in [0.5, 0.6) is 5.75 Å². The highest BCUT2D eigenvalue weighted by Crippen LogP contribution is 2.30. The SMILES string of the molecule is COc1ccc(CN(C)c2nc(Cl)nc3c(Br)nn(COCC[Si](C)(C)C)c23)cc1. The van der Waals surface area contributed by atoms with Crippen molar-refractivity contribution in [2.45, 2.75) is 39.0 Å². The molecule has 10 heteroatoms. The molecule has 3 rings (SSSR count). The Hall–Kier alpha value is -1.68. The minimum absolute atomic E-state index is 0.180. The number of aromatic nitrogens is 4. The van der Waals surface area contributed by atoms with E-state index in [4.69, 9.17) is 21.1 Å². The van der Waals surface area contributed by atoms with Gasteiger partial charge in [-0.15, -0.1) is 0 Å². The van der Waals surface area contributed by atoms with Gasteiger partial charge in [0, 0.05) is 28.3 Å². The summed E-state index contributed by atoms with van der Waals surface area (Å²) < 4.78 is 13.6. The van der Waals surface area contributed by atoms with Crippen LogP contribution >= 0.6 is 27.5 Å². The lowest BCUT2D eigenvalue weighted by atomic mass is 10.2. The summed E-state index contributed by atoms with van der Waals surface area (Å²) in [7, 11) is 2.48. The topological polar surface area (TPSA) is 65.3 Å². The van der Waals surface area contributed by atoms with Gasteiger partial charge in [0.15, 0.2) is 10.4 Å². The Bertz CT molecular complexity index is 1010. The number of halogens is 2. The number of rotatable bonds is 9. The van der Waals surface area contributed by atoms with E-state index >= 15 is 0 Å². The van der Waals surface area contributed by atoms with Crippen LogP contribution in [-0.2, 0) is 18.0 Å². The van der Waals surface area contributed by atoms with Crippen LogP contribution < -0.4 is 9.64 Å². The van der Waals surface area contributed by atoms with Gasteiger partial charge in [0.2, 0.25) is 5.28 Å². The Morgan fingerprint density at radius 3 is 2.50 bits per heavy atom. The molecule has 0 aliphatic heterocycles. The number of benzene rings is 1. The van der Waals surface area contributed by atoms with Crippen molar-refractivity contribution in [1.82, 2.24) is 19.7 Å². The zero-order valence-corrected chi connectivity index (χ0v) is 21.3. The van der Waals surface area contributed by atoms with Crippen LogP contribution in [-0.4, -0.2) is 48.6 Å². The summed E-state index contributed by atoms with van der Waals surface area (Å²) in [6.45, 7) is 8.68. The normalized spacial score (nSPS) is 11.8. The third kappa shape index (κ3) is 5.72. The Balaban J connectivity index is 1.86. The average Bonchev–Trinajstić information content (AvgIpc) is 3.00. The number of anilines is 1. The lowest BCUT2D eigenvalue weighted by Gasteiger charge is -2.20. The standard InChI is InChI=1S/C20H27BrClN5O2Si/c1-26(12-14-6-8-15(28-2)9-7-14)19-17-16(23-20(22)24-19)18(21)25-27(17)13-29-10-11-30(3,4)5/h6-9H,10-13H2,1-5H3. The number of nitrogens with zero attached hydrogens (tertiary/aromatic N) is 5. The Morgan fingerprint density at radius 1 is 1.17 bits per heavy atom. The predicted molar refractivity (Wildman–Crippen MR) is 127 cm³/mol. The van der Waals surface area contributed by atoms with Crippen LogP contribution in [0.1, 0.15) is 5.56 Å². The second-order valence-electron chi connectivity index (χ2n) is 8.36. The quantitative estimate of drug-likeness (QED) is 0.223. The molecule has 3 aromatic rings. The van der Waals surface area contributed by atoms with E-state index in [1.807, 2.05) is 36.2 Å². The molecule has 0 saturated carbocycles. The molecule has 0 spiro atoms. The fourth-order valence-corrected chi connectivity index (χ4v) is 4.36. The van der Waals surface area contributed by atoms with Crippen molar-refractivity contribution in [3.8, 4) is 5.75 Å². The molecule has 0 unspecified atom stereocenters. The molecule has 0 fully saturated rings. The first kappa shape index (κ1) is 23.0. The average molecular weight is 513 g/mol. The molecular weight excluding hydrogens is 486 g/mol. The number of ether oxygens (including phenoxy) is 2. The molecule has 0 bridgehead atoms. The third-order valence-corrected chi connectivity index (χ3v) is 7.06. The van der Waals surface area contributed by atoms with Gasteiger partial charge >= 0.3 is 0 Å². The van der Waals surface area contributed by atoms with E-state index in [9.17, 15) is 0 Å². The number of fused-ring (bicyclic) bond motifs is 1. The highest BCUT2D eigenvalue weighted by Gasteiger charge is 2.20. The van der Waals surface area contributed by atoms with E-state index in [0.29, 0.717) is 35.8 Å². The van der Waals surface area contributed by atoms with Gasteiger partial charge < -0.3 is 14.4 Å². The van der Waals surface area contributed by atoms with E-state index in [2.05, 4.69) is 50.6 Å². The summed E-state index contributed by atoms with van der Waals surface area (Å²) in [5.74, 6) is 1.53. The van der Waals surface area contributed by atoms with Crippen molar-refractivity contribution in [2.75, 3.05) is 25.7 Å². The molecular formula is C20H27BrClN5O2Si. The maximum absolute atomic E-state index is 6.22. The monoisotopic (exact) mass is 511 g/mol. The summed E-state index contributed by atoms with van der Waals surface area (Å²) >= 11 is 9.72. The molecule has 0 N–H and O–H groups in total. The first-order valence-electron chi connectivity index (χ1n) is 9.69. The van der Waals surface area contributed by atoms with Crippen molar-refractivity contribution in [2.24, 2.45) is 0 Å². The maximum atomic E-state index is 6.22. The van der Waals surface area contributed by atoms with E-state index in [-0.39, 0.29) is 5.28 Å². The fourth-order valence-electron chi connectivity index (χ4n) is 2.97. The molecule has 162 valence electrons. The third-order valence-electron chi connectivity index (χ3n) is 4.65. The van der Waals surface area contributed by atoms with Gasteiger partial charge in [-0.05, 0) is 51.3 Å². The molecule has 0 atom stereocenters. The van der Waals surface area contributed by atoms with E-state index in [1.54, 1.807) is 11.8 Å². The van der Waals surface area contributed by atoms with Crippen LogP contribution in [0.25, 0.3) is 11.0 Å². The molecule has 0 saturated heterocycles. The second kappa shape index (κ2) is 9.63. The van der Waals surface area contributed by atoms with E-state index in [0.717, 1.165) is 22.9 Å². The molecule has 1 aromatic carbocycles.